The molecular formula is C62H62N14O16. The number of anilines is 4. The SMILES string of the molecule is Nc1c(N2CCc3ccc(CNC(=O)c4cc(C(=O)NCC56CCC(C(=O)O)(CC5)CC6)n5c(=O)onc5n4)cc3C2)c(=O)c1=O.Nc1c(N2CCc3ccc(CNC(=O)c4cc(C(=O)NCC56CCC(C(=O)O)(CC5)CC6)nc5noc(=O)n45)cc3C2)c(=O)c1=O. The van der Waals surface area contributed by atoms with Crippen molar-refractivity contribution < 1.29 is 48.0 Å². The minimum Gasteiger partial charge on any atom is -0.481 e. The van der Waals surface area contributed by atoms with E-state index in [1.54, 1.807) is 9.80 Å². The number of rotatable bonds is 16. The van der Waals surface area contributed by atoms with Gasteiger partial charge in [-0.1, -0.05) is 36.4 Å². The van der Waals surface area contributed by atoms with Crippen molar-refractivity contribution in [3.63, 3.8) is 0 Å². The molecule has 6 aliphatic carbocycles. The van der Waals surface area contributed by atoms with Crippen LogP contribution in [-0.4, -0.2) is 101 Å². The molecular weight excluding hydrogens is 1200 g/mol. The Balaban J connectivity index is 0.000000168. The van der Waals surface area contributed by atoms with Gasteiger partial charge >= 0.3 is 23.5 Å². The normalized spacial score (nSPS) is 22.1. The fourth-order valence-electron chi connectivity index (χ4n) is 14.5. The Labute approximate surface area is 518 Å². The summed E-state index contributed by atoms with van der Waals surface area (Å²) in [4.78, 5) is 161. The van der Waals surface area contributed by atoms with Gasteiger partial charge in [0.25, 0.3) is 56.9 Å². The van der Waals surface area contributed by atoms with Gasteiger partial charge in [0.15, 0.2) is 0 Å². The lowest BCUT2D eigenvalue weighted by Gasteiger charge is -2.51. The zero-order chi connectivity index (χ0) is 64.8. The number of benzene rings is 2. The van der Waals surface area contributed by atoms with Crippen molar-refractivity contribution in [3.05, 3.63) is 167 Å². The van der Waals surface area contributed by atoms with Crippen LogP contribution in [0.5, 0.6) is 0 Å². The smallest absolute Gasteiger partial charge is 0.448 e. The number of nitrogen functional groups attached to an aromatic ring is 2. The second-order valence-corrected chi connectivity index (χ2v) is 25.5. The monoisotopic (exact) mass is 1260 g/mol. The number of hydrogen-bond acceptors (Lipinski definition) is 22. The maximum absolute atomic E-state index is 13.4. The Kier molecular flexibility index (Phi) is 14.8. The minimum atomic E-state index is -0.934. The van der Waals surface area contributed by atoms with Crippen LogP contribution in [0.2, 0.25) is 0 Å². The molecule has 92 heavy (non-hydrogen) atoms. The van der Waals surface area contributed by atoms with Gasteiger partial charge in [-0.25, -0.2) is 28.4 Å². The van der Waals surface area contributed by atoms with Gasteiger partial charge in [0.1, 0.15) is 45.5 Å². The highest BCUT2D eigenvalue weighted by Crippen LogP contribution is 2.58. The Bertz CT molecular complexity index is 4680. The van der Waals surface area contributed by atoms with Gasteiger partial charge in [-0.3, -0.25) is 57.0 Å². The second-order valence-electron chi connectivity index (χ2n) is 25.5. The standard InChI is InChI=1S/2C31H31N7O8/c32-21-22(24(40)23(21)39)37-10-3-17-2-1-16(11-18(17)14-37)13-33-26(42)20-12-19(35-28-36-46-29(45)38(20)28)25(41)34-15-30-4-7-31(8-5-30,9-6-30)27(43)44;32-21-22(24(40)23(21)39)37-10-3-17-2-1-16(11-18(17)14-37)13-33-25(41)19-12-20(38-28(35-19)36-46-29(38)45)26(42)34-15-30-4-7-31(8-5-30,9-6-30)27(43)44/h1-2,11-12H,3-10,13-15,32H2,(H,33,42)(H,34,41)(H,43,44);1-2,11-12H,3-10,13-15,32H2,(H,33,41)(H,34,42)(H,43,44). The summed E-state index contributed by atoms with van der Waals surface area (Å²) in [6.07, 6.45) is 8.84. The number of aromatic nitrogens is 6. The molecule has 8 aliphatic rings. The first-order valence-corrected chi connectivity index (χ1v) is 30.3. The van der Waals surface area contributed by atoms with Gasteiger partial charge in [0.2, 0.25) is 0 Å². The van der Waals surface area contributed by atoms with E-state index in [2.05, 4.69) is 41.5 Å². The molecule has 0 unspecified atom stereocenters. The maximum Gasteiger partial charge on any atom is 0.448 e. The maximum atomic E-state index is 13.4. The van der Waals surface area contributed by atoms with Gasteiger partial charge in [-0.15, -0.1) is 0 Å². The van der Waals surface area contributed by atoms with Crippen LogP contribution in [0.15, 0.2) is 86.3 Å². The fraction of sp³-hybridized carbons (Fsp3) is 0.419. The third-order valence-electron chi connectivity index (χ3n) is 20.5. The lowest BCUT2D eigenvalue weighted by Crippen LogP contribution is -2.50. The molecule has 0 atom stereocenters. The van der Waals surface area contributed by atoms with Crippen LogP contribution in [0.4, 0.5) is 22.7 Å². The number of amides is 4. The first-order valence-electron chi connectivity index (χ1n) is 30.3. The number of carbonyl (C=O) groups is 6. The Morgan fingerprint density at radius 3 is 1.24 bits per heavy atom. The van der Waals surface area contributed by atoms with Gasteiger partial charge < -0.3 is 52.7 Å². The highest BCUT2D eigenvalue weighted by Gasteiger charge is 2.54. The molecule has 8 aromatic rings. The first-order chi connectivity index (χ1) is 44.0. The van der Waals surface area contributed by atoms with Crippen LogP contribution in [0.25, 0.3) is 11.6 Å². The van der Waals surface area contributed by atoms with E-state index in [0.29, 0.717) is 129 Å². The highest BCUT2D eigenvalue weighted by atomic mass is 16.5. The molecule has 0 spiro atoms. The minimum absolute atomic E-state index is 0.0155. The zero-order valence-corrected chi connectivity index (χ0v) is 49.5. The molecule has 30 heteroatoms. The highest BCUT2D eigenvalue weighted by molar-refractivity contribution is 5.99. The van der Waals surface area contributed by atoms with Crippen LogP contribution < -0.4 is 75.8 Å². The summed E-state index contributed by atoms with van der Waals surface area (Å²) in [6, 6.07) is 13.9. The molecule has 0 radical (unpaired) electrons. The molecule has 476 valence electrons. The van der Waals surface area contributed by atoms with Gasteiger partial charge in [0.05, 0.1) is 10.8 Å². The second kappa shape index (κ2) is 22.7. The number of nitrogens with zero attached hydrogens (tertiary/aromatic N) is 8. The van der Waals surface area contributed by atoms with E-state index in [1.807, 2.05) is 36.4 Å². The van der Waals surface area contributed by atoms with Gasteiger partial charge in [-0.05, 0) is 157 Å². The summed E-state index contributed by atoms with van der Waals surface area (Å²) in [7, 11) is 0. The summed E-state index contributed by atoms with van der Waals surface area (Å²) in [5.74, 6) is -6.28. The molecule has 16 rings (SSSR count). The number of nitrogens with one attached hydrogen (secondary N) is 4. The Morgan fingerprint density at radius 1 is 0.478 bits per heavy atom. The number of nitrogens with two attached hydrogens (primary N) is 2. The van der Waals surface area contributed by atoms with Crippen molar-refractivity contribution in [3.8, 4) is 0 Å². The van der Waals surface area contributed by atoms with E-state index >= 15 is 0 Å². The Morgan fingerprint density at radius 2 is 0.848 bits per heavy atom. The van der Waals surface area contributed by atoms with Crippen LogP contribution in [0, 0.1) is 21.7 Å². The topological polar surface area (TPSA) is 439 Å². The van der Waals surface area contributed by atoms with Crippen molar-refractivity contribution in [2.75, 3.05) is 47.4 Å². The van der Waals surface area contributed by atoms with Crippen LogP contribution in [0.3, 0.4) is 0 Å². The van der Waals surface area contributed by atoms with Gasteiger partial charge in [0, 0.05) is 52.4 Å². The van der Waals surface area contributed by atoms with Crippen LogP contribution >= 0.6 is 0 Å². The number of carbonyl (C=O) groups excluding carboxylic acids is 4. The van der Waals surface area contributed by atoms with E-state index < -0.39 is 79.6 Å². The molecule has 6 saturated carbocycles. The van der Waals surface area contributed by atoms with Crippen molar-refractivity contribution in [2.24, 2.45) is 21.7 Å². The third kappa shape index (κ3) is 10.5. The van der Waals surface area contributed by atoms with E-state index in [0.717, 1.165) is 42.2 Å². The number of fused-ring (bicyclic) bond motifs is 10. The quantitative estimate of drug-likeness (QED) is 0.0626. The van der Waals surface area contributed by atoms with Crippen LogP contribution in [-0.2, 0) is 48.6 Å². The molecule has 4 amide bonds. The molecule has 30 nitrogen and oxygen atoms in total. The average Bonchev–Trinajstić information content (AvgIpc) is 1.19. The summed E-state index contributed by atoms with van der Waals surface area (Å²) in [6.45, 7) is 2.72. The van der Waals surface area contributed by atoms with E-state index in [1.165, 1.54) is 12.1 Å². The molecule has 4 bridgehead atoms. The number of aliphatic carboxylic acids is 2. The van der Waals surface area contributed by atoms with Crippen molar-refractivity contribution in [1.82, 2.24) is 50.3 Å². The van der Waals surface area contributed by atoms with Crippen molar-refractivity contribution >= 4 is 69.9 Å². The average molecular weight is 1260 g/mol. The number of hydrogen-bond donors (Lipinski definition) is 8. The lowest BCUT2D eigenvalue weighted by atomic mass is 9.53. The van der Waals surface area contributed by atoms with Gasteiger partial charge in [-0.2, -0.15) is 0 Å². The predicted octanol–water partition coefficient (Wildman–Crippen LogP) is 1.02. The predicted molar refractivity (Wildman–Crippen MR) is 324 cm³/mol. The third-order valence-corrected chi connectivity index (χ3v) is 20.5. The molecule has 4 aromatic carbocycles. The summed E-state index contributed by atoms with van der Waals surface area (Å²) < 4.78 is 11.2. The largest absolute Gasteiger partial charge is 0.481 e. The molecule has 10 N–H and O–H groups in total. The van der Waals surface area contributed by atoms with E-state index in [-0.39, 0.29) is 81.0 Å². The van der Waals surface area contributed by atoms with Crippen LogP contribution in [0.1, 0.15) is 152 Å². The molecule has 2 aliphatic heterocycles. The van der Waals surface area contributed by atoms with Crippen molar-refractivity contribution in [1.29, 1.82) is 0 Å². The molecule has 6 heterocycles. The molecule has 4 aromatic heterocycles. The summed E-state index contributed by atoms with van der Waals surface area (Å²) in [5.41, 5.74) is 12.7. The number of carboxylic acid groups (broad SMARTS) is 2. The number of carboxylic acids is 2. The summed E-state index contributed by atoms with van der Waals surface area (Å²) in [5, 5.41) is 37.9. The lowest BCUT2D eigenvalue weighted by molar-refractivity contribution is -0.159. The van der Waals surface area contributed by atoms with E-state index in [9.17, 15) is 67.7 Å². The fourth-order valence-corrected chi connectivity index (χ4v) is 14.5. The molecule has 6 fully saturated rings. The zero-order valence-electron chi connectivity index (χ0n) is 49.5. The Hall–Kier alpha value is -10.7. The summed E-state index contributed by atoms with van der Waals surface area (Å²) >= 11 is 0. The first kappa shape index (κ1) is 60.2. The van der Waals surface area contributed by atoms with Crippen molar-refractivity contribution in [2.45, 2.75) is 116 Å². The van der Waals surface area contributed by atoms with E-state index in [4.69, 9.17) is 20.5 Å². The molecule has 0 saturated heterocycles.